The summed E-state index contributed by atoms with van der Waals surface area (Å²) in [5.74, 6) is -6.72. The second kappa shape index (κ2) is 6.69. The van der Waals surface area contributed by atoms with Crippen LogP contribution in [0.3, 0.4) is 0 Å². The molecule has 0 aromatic carbocycles. The molecule has 0 aliphatic rings. The molecule has 2 aromatic rings. The number of nitrogens with zero attached hydrogens (tertiary/aromatic N) is 4. The summed E-state index contributed by atoms with van der Waals surface area (Å²) in [6, 6.07) is 0. The molecule has 0 saturated heterocycles. The molecule has 0 spiro atoms. The van der Waals surface area contributed by atoms with Crippen LogP contribution in [0.4, 0.5) is 23.2 Å². The molecule has 120 valence electrons. The summed E-state index contributed by atoms with van der Waals surface area (Å²) < 4.78 is 54.0. The molecule has 1 atom stereocenters. The monoisotopic (exact) mass is 319 g/mol. The van der Waals surface area contributed by atoms with Crippen molar-refractivity contribution >= 4 is 5.69 Å². The minimum atomic E-state index is -1.74. The molecule has 0 saturated carbocycles. The largest absolute Gasteiger partial charge is 0.391 e. The fourth-order valence-corrected chi connectivity index (χ4v) is 1.67. The molecule has 2 rings (SSSR count). The van der Waals surface area contributed by atoms with Crippen LogP contribution in [-0.4, -0.2) is 31.2 Å². The number of halogens is 4. The molecule has 0 aliphatic carbocycles. The van der Waals surface area contributed by atoms with Crippen LogP contribution in [-0.2, 0) is 13.1 Å². The van der Waals surface area contributed by atoms with E-state index >= 15 is 0 Å². The van der Waals surface area contributed by atoms with E-state index in [0.717, 1.165) is 0 Å². The van der Waals surface area contributed by atoms with Gasteiger partial charge in [-0.25, -0.2) is 4.68 Å². The summed E-state index contributed by atoms with van der Waals surface area (Å²) in [7, 11) is 0. The van der Waals surface area contributed by atoms with Crippen LogP contribution in [0.15, 0.2) is 6.20 Å². The van der Waals surface area contributed by atoms with E-state index in [0.29, 0.717) is 6.42 Å². The molecular formula is C12H13F4N5O. The summed E-state index contributed by atoms with van der Waals surface area (Å²) in [4.78, 5) is 2.45. The van der Waals surface area contributed by atoms with Gasteiger partial charge in [0.05, 0.1) is 25.4 Å². The highest BCUT2D eigenvalue weighted by atomic mass is 19.2. The predicted octanol–water partition coefficient (Wildman–Crippen LogP) is 1.61. The van der Waals surface area contributed by atoms with Crippen LogP contribution in [0.2, 0.25) is 0 Å². The SMILES string of the molecule is CCC(O)Cn1cc(CNc2c(F)c(F)nc(F)c2F)nn1. The molecule has 22 heavy (non-hydrogen) atoms. The zero-order valence-electron chi connectivity index (χ0n) is 11.5. The van der Waals surface area contributed by atoms with Crippen LogP contribution in [0, 0.1) is 23.5 Å². The van der Waals surface area contributed by atoms with Gasteiger partial charge in [0, 0.05) is 0 Å². The molecule has 0 bridgehead atoms. The maximum atomic E-state index is 13.4. The van der Waals surface area contributed by atoms with E-state index in [1.54, 1.807) is 6.92 Å². The summed E-state index contributed by atoms with van der Waals surface area (Å²) in [5.41, 5.74) is -0.687. The first kappa shape index (κ1) is 16.1. The highest BCUT2D eigenvalue weighted by Crippen LogP contribution is 2.22. The molecule has 0 amide bonds. The number of pyridine rings is 1. The molecule has 1 unspecified atom stereocenters. The van der Waals surface area contributed by atoms with Gasteiger partial charge in [0.15, 0.2) is 0 Å². The van der Waals surface area contributed by atoms with Crippen LogP contribution in [0.25, 0.3) is 0 Å². The van der Waals surface area contributed by atoms with Crippen LogP contribution in [0.1, 0.15) is 19.0 Å². The van der Waals surface area contributed by atoms with Crippen molar-refractivity contribution in [2.24, 2.45) is 0 Å². The Morgan fingerprint density at radius 3 is 2.45 bits per heavy atom. The molecule has 10 heteroatoms. The van der Waals surface area contributed by atoms with Gasteiger partial charge in [-0.2, -0.15) is 22.5 Å². The van der Waals surface area contributed by atoms with Crippen molar-refractivity contribution in [3.05, 3.63) is 35.4 Å². The average Bonchev–Trinajstić information content (AvgIpc) is 2.92. The molecule has 0 aliphatic heterocycles. The molecule has 2 N–H and O–H groups in total. The molecule has 2 aromatic heterocycles. The number of nitrogens with one attached hydrogen (secondary N) is 1. The highest BCUT2D eigenvalue weighted by Gasteiger charge is 2.20. The van der Waals surface area contributed by atoms with Gasteiger partial charge < -0.3 is 10.4 Å². The van der Waals surface area contributed by atoms with Gasteiger partial charge in [0.2, 0.25) is 11.6 Å². The van der Waals surface area contributed by atoms with E-state index in [1.807, 2.05) is 0 Å². The number of anilines is 1. The lowest BCUT2D eigenvalue weighted by Crippen LogP contribution is -2.15. The third-order valence-electron chi connectivity index (χ3n) is 2.90. The van der Waals surface area contributed by atoms with E-state index in [-0.39, 0.29) is 18.8 Å². The molecule has 0 radical (unpaired) electrons. The molecule has 2 heterocycles. The smallest absolute Gasteiger partial charge is 0.253 e. The van der Waals surface area contributed by atoms with Crippen molar-refractivity contribution in [1.82, 2.24) is 20.0 Å². The topological polar surface area (TPSA) is 75.9 Å². The first-order chi connectivity index (χ1) is 10.4. The van der Waals surface area contributed by atoms with Crippen LogP contribution < -0.4 is 5.32 Å². The number of aliphatic hydroxyl groups excluding tert-OH is 1. The van der Waals surface area contributed by atoms with Gasteiger partial charge in [-0.1, -0.05) is 12.1 Å². The van der Waals surface area contributed by atoms with E-state index < -0.39 is 35.3 Å². The summed E-state index contributed by atoms with van der Waals surface area (Å²) in [6.07, 6.45) is 1.37. The van der Waals surface area contributed by atoms with Crippen molar-refractivity contribution in [2.45, 2.75) is 32.5 Å². The fraction of sp³-hybridized carbons (Fsp3) is 0.417. The van der Waals surface area contributed by atoms with Crippen molar-refractivity contribution in [3.8, 4) is 0 Å². The minimum absolute atomic E-state index is 0.209. The zero-order valence-corrected chi connectivity index (χ0v) is 11.5. The Bertz CT molecular complexity index is 637. The van der Waals surface area contributed by atoms with Crippen molar-refractivity contribution in [3.63, 3.8) is 0 Å². The lowest BCUT2D eigenvalue weighted by Gasteiger charge is -2.08. The number of aliphatic hydroxyl groups is 1. The van der Waals surface area contributed by atoms with Gasteiger partial charge in [-0.05, 0) is 6.42 Å². The summed E-state index contributed by atoms with van der Waals surface area (Å²) >= 11 is 0. The fourth-order valence-electron chi connectivity index (χ4n) is 1.67. The molecule has 0 fully saturated rings. The lowest BCUT2D eigenvalue weighted by molar-refractivity contribution is 0.144. The third-order valence-corrected chi connectivity index (χ3v) is 2.90. The van der Waals surface area contributed by atoms with Gasteiger partial charge in [-0.15, -0.1) is 5.10 Å². The standard InChI is InChI=1S/C12H13F4N5O/c1-2-7(22)5-21-4-6(19-20-21)3-17-10-8(13)11(15)18-12(16)9(10)14/h4,7,22H,2-3,5H2,1H3,(H,17,18). The van der Waals surface area contributed by atoms with E-state index in [4.69, 9.17) is 0 Å². The predicted molar refractivity (Wildman–Crippen MR) is 67.7 cm³/mol. The molecule has 6 nitrogen and oxygen atoms in total. The van der Waals surface area contributed by atoms with Crippen LogP contribution in [0.5, 0.6) is 0 Å². The highest BCUT2D eigenvalue weighted by molar-refractivity contribution is 5.45. The lowest BCUT2D eigenvalue weighted by atomic mass is 10.3. The third kappa shape index (κ3) is 3.50. The Hall–Kier alpha value is -2.23. The van der Waals surface area contributed by atoms with Crippen LogP contribution >= 0.6 is 0 Å². The average molecular weight is 319 g/mol. The quantitative estimate of drug-likeness (QED) is 0.625. The number of hydrogen-bond donors (Lipinski definition) is 2. The van der Waals surface area contributed by atoms with Gasteiger partial charge in [0.25, 0.3) is 11.9 Å². The van der Waals surface area contributed by atoms with E-state index in [1.165, 1.54) is 10.9 Å². The second-order valence-corrected chi connectivity index (χ2v) is 4.54. The molecular weight excluding hydrogens is 306 g/mol. The van der Waals surface area contributed by atoms with Gasteiger partial charge in [0.1, 0.15) is 11.4 Å². The van der Waals surface area contributed by atoms with Gasteiger partial charge in [-0.3, -0.25) is 0 Å². The van der Waals surface area contributed by atoms with Crippen molar-refractivity contribution < 1.29 is 22.7 Å². The summed E-state index contributed by atoms with van der Waals surface area (Å²) in [5, 5.41) is 19.1. The first-order valence-corrected chi connectivity index (χ1v) is 6.43. The van der Waals surface area contributed by atoms with E-state index in [2.05, 4.69) is 20.6 Å². The maximum absolute atomic E-state index is 13.4. The Morgan fingerprint density at radius 2 is 1.86 bits per heavy atom. The first-order valence-electron chi connectivity index (χ1n) is 6.43. The Labute approximate surface area is 122 Å². The number of rotatable bonds is 6. The Morgan fingerprint density at radius 1 is 1.23 bits per heavy atom. The normalized spacial score (nSPS) is 12.5. The van der Waals surface area contributed by atoms with Crippen molar-refractivity contribution in [1.29, 1.82) is 0 Å². The summed E-state index contributed by atoms with van der Waals surface area (Å²) in [6.45, 7) is 1.80. The van der Waals surface area contributed by atoms with E-state index in [9.17, 15) is 22.7 Å². The second-order valence-electron chi connectivity index (χ2n) is 4.54. The zero-order chi connectivity index (χ0) is 16.3. The number of hydrogen-bond acceptors (Lipinski definition) is 5. The Balaban J connectivity index is 2.08. The Kier molecular flexibility index (Phi) is 4.91. The maximum Gasteiger partial charge on any atom is 0.253 e. The van der Waals surface area contributed by atoms with Gasteiger partial charge >= 0.3 is 0 Å². The minimum Gasteiger partial charge on any atom is -0.391 e. The number of aromatic nitrogens is 4. The van der Waals surface area contributed by atoms with Crippen molar-refractivity contribution in [2.75, 3.05) is 5.32 Å².